The van der Waals surface area contributed by atoms with Crippen molar-refractivity contribution in [2.75, 3.05) is 11.9 Å². The lowest BCUT2D eigenvalue weighted by Crippen LogP contribution is -2.43. The molecule has 0 radical (unpaired) electrons. The molecule has 9 nitrogen and oxygen atoms in total. The molecule has 1 aliphatic heterocycles. The zero-order valence-electron chi connectivity index (χ0n) is 19.6. The van der Waals surface area contributed by atoms with E-state index >= 15 is 0 Å². The summed E-state index contributed by atoms with van der Waals surface area (Å²) in [5.74, 6) is 0.0458. The molecule has 0 spiro atoms. The summed E-state index contributed by atoms with van der Waals surface area (Å²) >= 11 is 0. The molecule has 3 aromatic rings. The van der Waals surface area contributed by atoms with Gasteiger partial charge in [0, 0.05) is 12.0 Å². The van der Waals surface area contributed by atoms with Gasteiger partial charge in [0.05, 0.1) is 19.0 Å². The molecule has 1 aromatic carbocycles. The molecule has 3 heterocycles. The van der Waals surface area contributed by atoms with Crippen molar-refractivity contribution in [3.05, 3.63) is 48.5 Å². The average Bonchev–Trinajstić information content (AvgIpc) is 3.36. The first-order valence-electron chi connectivity index (χ1n) is 11.1. The van der Waals surface area contributed by atoms with Crippen molar-refractivity contribution in [2.24, 2.45) is 0 Å². The second-order valence-electron chi connectivity index (χ2n) is 9.87. The second kappa shape index (κ2) is 8.94. The number of aliphatic hydroxyl groups excluding tert-OH is 1. The van der Waals surface area contributed by atoms with Crippen molar-refractivity contribution in [1.82, 2.24) is 19.5 Å². The van der Waals surface area contributed by atoms with Crippen LogP contribution in [0.2, 0.25) is 18.1 Å². The van der Waals surface area contributed by atoms with Gasteiger partial charge in [-0.3, -0.25) is 9.36 Å². The molecule has 1 amide bonds. The van der Waals surface area contributed by atoms with Gasteiger partial charge < -0.3 is 19.6 Å². The molecule has 0 unspecified atom stereocenters. The lowest BCUT2D eigenvalue weighted by Gasteiger charge is -2.37. The van der Waals surface area contributed by atoms with Crippen molar-refractivity contribution < 1.29 is 19.1 Å². The summed E-state index contributed by atoms with van der Waals surface area (Å²) < 4.78 is 14.2. The third-order valence-electron chi connectivity index (χ3n) is 6.56. The minimum atomic E-state index is -1.96. The topological polar surface area (TPSA) is 111 Å². The van der Waals surface area contributed by atoms with Crippen LogP contribution in [0.3, 0.4) is 0 Å². The summed E-state index contributed by atoms with van der Waals surface area (Å²) in [6, 6.07) is 8.90. The molecule has 0 aliphatic carbocycles. The van der Waals surface area contributed by atoms with E-state index in [2.05, 4.69) is 54.1 Å². The third-order valence-corrected chi connectivity index (χ3v) is 11.1. The molecule has 3 atom stereocenters. The van der Waals surface area contributed by atoms with Crippen LogP contribution in [0.4, 0.5) is 5.82 Å². The van der Waals surface area contributed by atoms with Crippen molar-refractivity contribution in [3.8, 4) is 0 Å². The molecule has 1 saturated heterocycles. The summed E-state index contributed by atoms with van der Waals surface area (Å²) in [7, 11) is -1.96. The van der Waals surface area contributed by atoms with Gasteiger partial charge in [0.25, 0.3) is 5.91 Å². The minimum absolute atomic E-state index is 0.0774. The standard InChI is InChI=1S/C23H31N5O4Si/c1-23(2,3)33(4,5)31-12-17-16(29)11-18(32-17)28-14-26-19-20(24-13-25-21(19)28)27-22(30)15-9-7-6-8-10-15/h6-10,13-14,16-18,29H,11-12H2,1-5H3,(H,24,25,27,30)/t16-,17-,18-/m0/s1. The van der Waals surface area contributed by atoms with Gasteiger partial charge in [-0.2, -0.15) is 0 Å². The van der Waals surface area contributed by atoms with Gasteiger partial charge in [-0.25, -0.2) is 15.0 Å². The van der Waals surface area contributed by atoms with Crippen LogP contribution in [-0.4, -0.2) is 57.7 Å². The Labute approximate surface area is 194 Å². The predicted molar refractivity (Wildman–Crippen MR) is 127 cm³/mol. The number of aromatic nitrogens is 4. The van der Waals surface area contributed by atoms with Gasteiger partial charge in [-0.1, -0.05) is 39.0 Å². The van der Waals surface area contributed by atoms with Crippen LogP contribution in [0.1, 0.15) is 43.8 Å². The lowest BCUT2D eigenvalue weighted by molar-refractivity contribution is -0.0405. The van der Waals surface area contributed by atoms with Crippen LogP contribution in [0.5, 0.6) is 0 Å². The molecule has 0 saturated carbocycles. The Morgan fingerprint density at radius 2 is 1.97 bits per heavy atom. The van der Waals surface area contributed by atoms with E-state index in [1.54, 1.807) is 35.2 Å². The highest BCUT2D eigenvalue weighted by Gasteiger charge is 2.41. The Kier molecular flexibility index (Phi) is 6.36. The van der Waals surface area contributed by atoms with E-state index in [9.17, 15) is 9.90 Å². The summed E-state index contributed by atoms with van der Waals surface area (Å²) in [6.45, 7) is 11.2. The van der Waals surface area contributed by atoms with Gasteiger partial charge >= 0.3 is 0 Å². The normalized spacial score (nSPS) is 21.5. The summed E-state index contributed by atoms with van der Waals surface area (Å²) in [4.78, 5) is 25.5. The largest absolute Gasteiger partial charge is 0.414 e. The maximum atomic E-state index is 12.6. The number of nitrogens with zero attached hydrogens (tertiary/aromatic N) is 4. The molecule has 2 aromatic heterocycles. The summed E-state index contributed by atoms with van der Waals surface area (Å²) in [6.07, 6.45) is 1.85. The zero-order valence-corrected chi connectivity index (χ0v) is 20.6. The average molecular weight is 470 g/mol. The van der Waals surface area contributed by atoms with Gasteiger partial charge in [0.1, 0.15) is 18.7 Å². The van der Waals surface area contributed by atoms with E-state index < -0.39 is 26.8 Å². The second-order valence-corrected chi connectivity index (χ2v) is 14.7. The van der Waals surface area contributed by atoms with E-state index in [1.807, 2.05) is 6.07 Å². The van der Waals surface area contributed by atoms with Crippen LogP contribution in [0.15, 0.2) is 43.0 Å². The number of carbonyl (C=O) groups excluding carboxylic acids is 1. The van der Waals surface area contributed by atoms with Gasteiger partial charge in [0.15, 0.2) is 25.3 Å². The first-order valence-corrected chi connectivity index (χ1v) is 14.0. The van der Waals surface area contributed by atoms with Gasteiger partial charge in [-0.15, -0.1) is 0 Å². The summed E-state index contributed by atoms with van der Waals surface area (Å²) in [5.41, 5.74) is 1.51. The monoisotopic (exact) mass is 469 g/mol. The van der Waals surface area contributed by atoms with Crippen LogP contribution in [0.25, 0.3) is 11.2 Å². The van der Waals surface area contributed by atoms with E-state index in [1.165, 1.54) is 6.33 Å². The third kappa shape index (κ3) is 4.84. The van der Waals surface area contributed by atoms with Gasteiger partial charge in [-0.05, 0) is 30.3 Å². The van der Waals surface area contributed by atoms with Crippen molar-refractivity contribution >= 4 is 31.2 Å². The maximum absolute atomic E-state index is 12.6. The predicted octanol–water partition coefficient (Wildman–Crippen LogP) is 3.75. The molecule has 4 rings (SSSR count). The fourth-order valence-electron chi connectivity index (χ4n) is 3.47. The fourth-order valence-corrected chi connectivity index (χ4v) is 4.48. The number of hydrogen-bond donors (Lipinski definition) is 2. The Morgan fingerprint density at radius 1 is 1.24 bits per heavy atom. The molecule has 2 N–H and O–H groups in total. The number of aliphatic hydroxyl groups is 1. The number of carbonyl (C=O) groups is 1. The van der Waals surface area contributed by atoms with Crippen molar-refractivity contribution in [1.29, 1.82) is 0 Å². The number of rotatable bonds is 6. The molecule has 0 bridgehead atoms. The highest BCUT2D eigenvalue weighted by atomic mass is 28.4. The van der Waals surface area contributed by atoms with Crippen LogP contribution < -0.4 is 5.32 Å². The zero-order chi connectivity index (χ0) is 23.8. The quantitative estimate of drug-likeness (QED) is 0.529. The van der Waals surface area contributed by atoms with Crippen LogP contribution in [0, 0.1) is 0 Å². The summed E-state index contributed by atoms with van der Waals surface area (Å²) in [5, 5.41) is 13.5. The molecule has 1 aliphatic rings. The van der Waals surface area contributed by atoms with Crippen molar-refractivity contribution in [3.63, 3.8) is 0 Å². The highest BCUT2D eigenvalue weighted by molar-refractivity contribution is 6.74. The fraction of sp³-hybridized carbons (Fsp3) is 0.478. The van der Waals surface area contributed by atoms with E-state index in [4.69, 9.17) is 9.16 Å². The van der Waals surface area contributed by atoms with Crippen LogP contribution >= 0.6 is 0 Å². The SMILES string of the molecule is CC(C)(C)[Si](C)(C)OC[C@@H]1O[C@H](n2cnc3c(NC(=O)c4ccccc4)ncnc32)C[C@@H]1O. The molecule has 33 heavy (non-hydrogen) atoms. The molecule has 10 heteroatoms. The number of imidazole rings is 1. The Morgan fingerprint density at radius 3 is 2.67 bits per heavy atom. The number of fused-ring (bicyclic) bond motifs is 1. The Hall–Kier alpha value is -2.66. The minimum Gasteiger partial charge on any atom is -0.414 e. The van der Waals surface area contributed by atoms with Crippen LogP contribution in [-0.2, 0) is 9.16 Å². The molecule has 1 fully saturated rings. The van der Waals surface area contributed by atoms with Gasteiger partial charge in [0.2, 0.25) is 0 Å². The number of hydrogen-bond acceptors (Lipinski definition) is 7. The number of benzene rings is 1. The first kappa shape index (κ1) is 23.5. The smallest absolute Gasteiger partial charge is 0.256 e. The molecular weight excluding hydrogens is 438 g/mol. The molecular formula is C23H31N5O4Si. The number of nitrogens with one attached hydrogen (secondary N) is 1. The number of anilines is 1. The Balaban J connectivity index is 1.49. The molecule has 176 valence electrons. The van der Waals surface area contributed by atoms with E-state index in [0.29, 0.717) is 35.6 Å². The number of ether oxygens (including phenoxy) is 1. The lowest BCUT2D eigenvalue weighted by atomic mass is 10.2. The van der Waals surface area contributed by atoms with Crippen molar-refractivity contribution in [2.45, 2.75) is 63.8 Å². The number of amides is 1. The van der Waals surface area contributed by atoms with E-state index in [0.717, 1.165) is 0 Å². The van der Waals surface area contributed by atoms with E-state index in [-0.39, 0.29) is 10.9 Å². The maximum Gasteiger partial charge on any atom is 0.256 e. The Bertz CT molecular complexity index is 1130. The first-order chi connectivity index (χ1) is 15.6. The highest BCUT2D eigenvalue weighted by Crippen LogP contribution is 2.38.